The molecule has 62 valence electrons. The fourth-order valence-electron chi connectivity index (χ4n) is 0.447. The van der Waals surface area contributed by atoms with Gasteiger partial charge in [-0.1, -0.05) is 0 Å². The monoisotopic (exact) mass is 181 g/mol. The average molecular weight is 181 g/mol. The standard InChI is InChI=1S/C4H5N3.C2H2N2S/c5-4-3-6-1-2-7-4;1-3-4-2-5-1/h1-3H,(H2,5,7);1-2H. The summed E-state index contributed by atoms with van der Waals surface area (Å²) in [7, 11) is 0. The minimum atomic E-state index is 0.461. The molecule has 0 unspecified atom stereocenters. The first-order valence-corrected chi connectivity index (χ1v) is 4.04. The van der Waals surface area contributed by atoms with Gasteiger partial charge in [0.05, 0.1) is 6.20 Å². The number of nitrogen functional groups attached to an aromatic ring is 1. The maximum absolute atomic E-state index is 5.18. The van der Waals surface area contributed by atoms with E-state index >= 15 is 0 Å². The normalized spacial score (nSPS) is 8.33. The van der Waals surface area contributed by atoms with E-state index in [0.29, 0.717) is 5.82 Å². The van der Waals surface area contributed by atoms with E-state index < -0.39 is 0 Å². The average Bonchev–Trinajstić information content (AvgIpc) is 2.62. The fraction of sp³-hybridized carbons (Fsp3) is 0. The van der Waals surface area contributed by atoms with Gasteiger partial charge in [-0.3, -0.25) is 4.98 Å². The maximum Gasteiger partial charge on any atom is 0.141 e. The van der Waals surface area contributed by atoms with Crippen LogP contribution in [0.4, 0.5) is 5.82 Å². The lowest BCUT2D eigenvalue weighted by atomic mass is 10.7. The van der Waals surface area contributed by atoms with Crippen LogP contribution in [0.5, 0.6) is 0 Å². The second-order valence-electron chi connectivity index (χ2n) is 1.71. The van der Waals surface area contributed by atoms with Gasteiger partial charge in [-0.2, -0.15) is 0 Å². The Labute approximate surface area is 73.3 Å². The molecule has 0 aliphatic carbocycles. The van der Waals surface area contributed by atoms with Gasteiger partial charge in [-0.15, -0.1) is 21.5 Å². The molecule has 0 radical (unpaired) electrons. The Morgan fingerprint density at radius 1 is 1.17 bits per heavy atom. The summed E-state index contributed by atoms with van der Waals surface area (Å²) < 4.78 is 0. The summed E-state index contributed by atoms with van der Waals surface area (Å²) in [5.41, 5.74) is 8.55. The first-order valence-electron chi connectivity index (χ1n) is 3.10. The summed E-state index contributed by atoms with van der Waals surface area (Å²) in [6.07, 6.45) is 4.63. The fourth-order valence-corrected chi connectivity index (χ4v) is 0.719. The van der Waals surface area contributed by atoms with Gasteiger partial charge in [-0.05, 0) is 0 Å². The minimum absolute atomic E-state index is 0.461. The predicted octanol–water partition coefficient (Wildman–Crippen LogP) is 0.597. The van der Waals surface area contributed by atoms with E-state index in [1.807, 2.05) is 0 Å². The van der Waals surface area contributed by atoms with Gasteiger partial charge in [-0.25, -0.2) is 4.98 Å². The predicted molar refractivity (Wildman–Crippen MR) is 46.4 cm³/mol. The Kier molecular flexibility index (Phi) is 3.65. The second-order valence-corrected chi connectivity index (χ2v) is 2.40. The number of nitrogens with two attached hydrogens (primary N) is 1. The van der Waals surface area contributed by atoms with E-state index in [9.17, 15) is 0 Å². The number of rotatable bonds is 0. The maximum atomic E-state index is 5.18. The zero-order chi connectivity index (χ0) is 8.65. The lowest BCUT2D eigenvalue weighted by Crippen LogP contribution is -1.87. The van der Waals surface area contributed by atoms with Crippen LogP contribution in [0, 0.1) is 0 Å². The highest BCUT2D eigenvalue weighted by Crippen LogP contribution is 1.84. The quantitative estimate of drug-likeness (QED) is 0.643. The largest absolute Gasteiger partial charge is 0.382 e. The third-order valence-corrected chi connectivity index (χ3v) is 1.30. The Morgan fingerprint density at radius 3 is 2.17 bits per heavy atom. The lowest BCUT2D eigenvalue weighted by Gasteiger charge is -1.82. The molecule has 0 aromatic carbocycles. The molecule has 0 atom stereocenters. The molecule has 0 saturated heterocycles. The third kappa shape index (κ3) is 3.57. The lowest BCUT2D eigenvalue weighted by molar-refractivity contribution is 1.09. The van der Waals surface area contributed by atoms with Crippen LogP contribution >= 0.6 is 11.3 Å². The van der Waals surface area contributed by atoms with Gasteiger partial charge in [0.1, 0.15) is 16.8 Å². The second kappa shape index (κ2) is 5.14. The number of hydrogen-bond donors (Lipinski definition) is 1. The molecule has 0 spiro atoms. The van der Waals surface area contributed by atoms with Crippen molar-refractivity contribution in [2.24, 2.45) is 0 Å². The first-order chi connectivity index (χ1) is 5.89. The van der Waals surface area contributed by atoms with Gasteiger partial charge < -0.3 is 5.73 Å². The SMILES string of the molecule is Nc1cnccn1.c1nncs1. The summed E-state index contributed by atoms with van der Waals surface area (Å²) in [6, 6.07) is 0. The molecule has 0 fully saturated rings. The first kappa shape index (κ1) is 8.54. The highest BCUT2D eigenvalue weighted by atomic mass is 32.1. The van der Waals surface area contributed by atoms with Crippen LogP contribution in [0.25, 0.3) is 0 Å². The third-order valence-electron chi connectivity index (χ3n) is 0.866. The molecule has 0 saturated carbocycles. The van der Waals surface area contributed by atoms with Crippen molar-refractivity contribution in [1.29, 1.82) is 0 Å². The summed E-state index contributed by atoms with van der Waals surface area (Å²) in [5.74, 6) is 0.461. The van der Waals surface area contributed by atoms with Crippen LogP contribution in [0.2, 0.25) is 0 Å². The smallest absolute Gasteiger partial charge is 0.141 e. The van der Waals surface area contributed by atoms with Crippen molar-refractivity contribution in [3.8, 4) is 0 Å². The van der Waals surface area contributed by atoms with Gasteiger partial charge >= 0.3 is 0 Å². The summed E-state index contributed by atoms with van der Waals surface area (Å²) in [4.78, 5) is 7.39. The molecule has 2 aromatic rings. The zero-order valence-electron chi connectivity index (χ0n) is 6.16. The van der Waals surface area contributed by atoms with E-state index in [-0.39, 0.29) is 0 Å². The molecule has 0 bridgehead atoms. The van der Waals surface area contributed by atoms with Crippen LogP contribution in [0.15, 0.2) is 29.6 Å². The molecular formula is C6H7N5S. The molecule has 0 aliphatic rings. The van der Waals surface area contributed by atoms with Crippen molar-refractivity contribution >= 4 is 17.2 Å². The Hall–Kier alpha value is -1.56. The topological polar surface area (TPSA) is 77.6 Å². The summed E-state index contributed by atoms with van der Waals surface area (Å²) in [6.45, 7) is 0. The van der Waals surface area contributed by atoms with Gasteiger partial charge in [0, 0.05) is 12.4 Å². The van der Waals surface area contributed by atoms with E-state index in [0.717, 1.165) is 0 Å². The van der Waals surface area contributed by atoms with Crippen molar-refractivity contribution in [2.45, 2.75) is 0 Å². The Balaban J connectivity index is 0.000000127. The van der Waals surface area contributed by atoms with Crippen LogP contribution in [0.1, 0.15) is 0 Å². The zero-order valence-corrected chi connectivity index (χ0v) is 6.98. The molecule has 2 rings (SSSR count). The van der Waals surface area contributed by atoms with E-state index in [1.165, 1.54) is 17.5 Å². The number of aromatic nitrogens is 4. The van der Waals surface area contributed by atoms with Crippen LogP contribution in [-0.2, 0) is 0 Å². The molecule has 12 heavy (non-hydrogen) atoms. The number of anilines is 1. The molecular weight excluding hydrogens is 174 g/mol. The minimum Gasteiger partial charge on any atom is -0.382 e. The van der Waals surface area contributed by atoms with Crippen molar-refractivity contribution in [2.75, 3.05) is 5.73 Å². The van der Waals surface area contributed by atoms with Crippen molar-refractivity contribution in [3.63, 3.8) is 0 Å². The van der Waals surface area contributed by atoms with Crippen molar-refractivity contribution < 1.29 is 0 Å². The van der Waals surface area contributed by atoms with Crippen LogP contribution in [-0.4, -0.2) is 20.2 Å². The van der Waals surface area contributed by atoms with E-state index in [2.05, 4.69) is 20.2 Å². The summed E-state index contributed by atoms with van der Waals surface area (Å²) in [5, 5.41) is 6.98. The van der Waals surface area contributed by atoms with Crippen molar-refractivity contribution in [3.05, 3.63) is 29.6 Å². The van der Waals surface area contributed by atoms with Gasteiger partial charge in [0.15, 0.2) is 0 Å². The molecule has 5 nitrogen and oxygen atoms in total. The van der Waals surface area contributed by atoms with E-state index in [4.69, 9.17) is 5.73 Å². The molecule has 2 heterocycles. The molecule has 2 N–H and O–H groups in total. The number of nitrogens with zero attached hydrogens (tertiary/aromatic N) is 4. The van der Waals surface area contributed by atoms with Crippen LogP contribution < -0.4 is 5.73 Å². The highest BCUT2D eigenvalue weighted by Gasteiger charge is 1.74. The highest BCUT2D eigenvalue weighted by molar-refractivity contribution is 7.07. The molecule has 2 aromatic heterocycles. The van der Waals surface area contributed by atoms with Crippen molar-refractivity contribution in [1.82, 2.24) is 20.2 Å². The summed E-state index contributed by atoms with van der Waals surface area (Å²) >= 11 is 1.49. The van der Waals surface area contributed by atoms with E-state index in [1.54, 1.807) is 23.4 Å². The Bertz CT molecular complexity index is 265. The molecule has 0 amide bonds. The van der Waals surface area contributed by atoms with Crippen LogP contribution in [0.3, 0.4) is 0 Å². The Morgan fingerprint density at radius 2 is 1.92 bits per heavy atom. The van der Waals surface area contributed by atoms with Gasteiger partial charge in [0.25, 0.3) is 0 Å². The van der Waals surface area contributed by atoms with Gasteiger partial charge in [0.2, 0.25) is 0 Å². The molecule has 6 heteroatoms. The molecule has 0 aliphatic heterocycles. The number of hydrogen-bond acceptors (Lipinski definition) is 6.